The monoisotopic (exact) mass is 402 g/mol. The smallest absolute Gasteiger partial charge is 0.242 e. The van der Waals surface area contributed by atoms with Crippen LogP contribution in [0.3, 0.4) is 0 Å². The van der Waals surface area contributed by atoms with Gasteiger partial charge in [-0.1, -0.05) is 48.5 Å². The van der Waals surface area contributed by atoms with Gasteiger partial charge in [0.2, 0.25) is 11.8 Å². The minimum atomic E-state index is -0.551. The Morgan fingerprint density at radius 2 is 1.79 bits per heavy atom. The van der Waals surface area contributed by atoms with Crippen LogP contribution in [0.4, 0.5) is 4.39 Å². The van der Waals surface area contributed by atoms with Gasteiger partial charge in [-0.05, 0) is 37.5 Å². The predicted octanol–water partition coefficient (Wildman–Crippen LogP) is 3.65. The Labute approximate surface area is 170 Å². The number of carbonyl (C=O) groups is 2. The van der Waals surface area contributed by atoms with Crippen molar-refractivity contribution in [1.29, 1.82) is 0 Å². The van der Waals surface area contributed by atoms with Crippen LogP contribution in [0.25, 0.3) is 0 Å². The summed E-state index contributed by atoms with van der Waals surface area (Å²) in [6, 6.07) is 15.9. The lowest BCUT2D eigenvalue weighted by atomic mass is 10.1. The van der Waals surface area contributed by atoms with Crippen LogP contribution < -0.4 is 5.32 Å². The van der Waals surface area contributed by atoms with Crippen molar-refractivity contribution in [2.75, 3.05) is 18.8 Å². The first-order chi connectivity index (χ1) is 13.5. The first-order valence-corrected chi connectivity index (χ1v) is 10.6. The molecule has 2 rings (SSSR count). The second-order valence-electron chi connectivity index (χ2n) is 6.48. The Morgan fingerprint density at radius 1 is 1.11 bits per heavy atom. The van der Waals surface area contributed by atoms with Crippen molar-refractivity contribution in [1.82, 2.24) is 10.2 Å². The normalized spacial score (nSPS) is 11.7. The van der Waals surface area contributed by atoms with Gasteiger partial charge in [0.1, 0.15) is 11.9 Å². The fourth-order valence-electron chi connectivity index (χ4n) is 2.84. The van der Waals surface area contributed by atoms with Crippen LogP contribution in [-0.2, 0) is 21.8 Å². The van der Waals surface area contributed by atoms with Gasteiger partial charge in [-0.3, -0.25) is 9.59 Å². The summed E-state index contributed by atoms with van der Waals surface area (Å²) in [5.41, 5.74) is 1.69. The summed E-state index contributed by atoms with van der Waals surface area (Å²) in [5.74, 6) is 0.0750. The maximum atomic E-state index is 13.7. The lowest BCUT2D eigenvalue weighted by Gasteiger charge is -2.28. The van der Waals surface area contributed by atoms with Crippen molar-refractivity contribution in [3.05, 3.63) is 71.5 Å². The van der Waals surface area contributed by atoms with Gasteiger partial charge in [0.25, 0.3) is 0 Å². The fraction of sp³-hybridized carbons (Fsp3) is 0.364. The number of halogens is 1. The molecule has 0 spiro atoms. The second kappa shape index (κ2) is 11.5. The molecule has 2 aromatic carbocycles. The number of amides is 2. The van der Waals surface area contributed by atoms with Crippen LogP contribution in [0.5, 0.6) is 0 Å². The highest BCUT2D eigenvalue weighted by atomic mass is 32.2. The molecular weight excluding hydrogens is 375 g/mol. The number of carbonyl (C=O) groups excluding carboxylic acids is 2. The summed E-state index contributed by atoms with van der Waals surface area (Å²) >= 11 is 1.36. The first-order valence-electron chi connectivity index (χ1n) is 9.45. The van der Waals surface area contributed by atoms with Crippen LogP contribution in [0, 0.1) is 5.82 Å². The van der Waals surface area contributed by atoms with Gasteiger partial charge in [-0.2, -0.15) is 0 Å². The summed E-state index contributed by atoms with van der Waals surface area (Å²) < 4.78 is 13.7. The zero-order valence-electron chi connectivity index (χ0n) is 16.4. The third-order valence-corrected chi connectivity index (χ3v) is 5.41. The van der Waals surface area contributed by atoms with E-state index >= 15 is 0 Å². The average molecular weight is 403 g/mol. The van der Waals surface area contributed by atoms with Crippen molar-refractivity contribution in [2.45, 2.75) is 32.1 Å². The van der Waals surface area contributed by atoms with Gasteiger partial charge in [-0.15, -0.1) is 11.8 Å². The summed E-state index contributed by atoms with van der Waals surface area (Å²) in [5, 5.41) is 2.78. The van der Waals surface area contributed by atoms with E-state index in [1.165, 1.54) is 17.8 Å². The van der Waals surface area contributed by atoms with E-state index in [2.05, 4.69) is 5.32 Å². The number of hydrogen-bond donors (Lipinski definition) is 1. The van der Waals surface area contributed by atoms with Gasteiger partial charge in [0.15, 0.2) is 0 Å². The molecule has 4 nitrogen and oxygen atoms in total. The molecule has 1 atom stereocenters. The molecule has 0 fully saturated rings. The molecule has 150 valence electrons. The number of thioether (sulfide) groups is 1. The molecule has 0 unspecified atom stereocenters. The minimum Gasteiger partial charge on any atom is -0.355 e. The topological polar surface area (TPSA) is 49.4 Å². The highest BCUT2D eigenvalue weighted by Crippen LogP contribution is 2.17. The summed E-state index contributed by atoms with van der Waals surface area (Å²) in [6.45, 7) is 4.58. The molecule has 0 saturated heterocycles. The van der Waals surface area contributed by atoms with Crippen molar-refractivity contribution < 1.29 is 14.0 Å². The average Bonchev–Trinajstić information content (AvgIpc) is 2.70. The quantitative estimate of drug-likeness (QED) is 0.660. The Morgan fingerprint density at radius 3 is 2.46 bits per heavy atom. The Kier molecular flexibility index (Phi) is 9.01. The van der Waals surface area contributed by atoms with E-state index in [4.69, 9.17) is 0 Å². The molecule has 1 N–H and O–H groups in total. The van der Waals surface area contributed by atoms with E-state index in [0.29, 0.717) is 30.8 Å². The van der Waals surface area contributed by atoms with Gasteiger partial charge in [0.05, 0.1) is 5.75 Å². The van der Waals surface area contributed by atoms with Crippen LogP contribution in [0.1, 0.15) is 25.0 Å². The molecule has 0 aliphatic carbocycles. The van der Waals surface area contributed by atoms with Gasteiger partial charge in [0, 0.05) is 18.8 Å². The summed E-state index contributed by atoms with van der Waals surface area (Å²) in [6.07, 6.45) is 0.675. The standard InChI is InChI=1S/C22H27FN2O2S/c1-3-24-22(27)17(2)25(14-13-18-9-5-4-6-10-18)21(26)16-28-15-19-11-7-8-12-20(19)23/h4-12,17H,3,13-16H2,1-2H3,(H,24,27)/t17-/m0/s1. The largest absolute Gasteiger partial charge is 0.355 e. The van der Waals surface area contributed by atoms with Crippen molar-refractivity contribution in [2.24, 2.45) is 0 Å². The molecular formula is C22H27FN2O2S. The highest BCUT2D eigenvalue weighted by molar-refractivity contribution is 7.99. The van der Waals surface area contributed by atoms with Crippen LogP contribution >= 0.6 is 11.8 Å². The van der Waals surface area contributed by atoms with Crippen molar-refractivity contribution >= 4 is 23.6 Å². The van der Waals surface area contributed by atoms with E-state index in [1.807, 2.05) is 37.3 Å². The minimum absolute atomic E-state index is 0.115. The molecule has 0 aliphatic rings. The number of likely N-dealkylation sites (N-methyl/N-ethyl adjacent to an activating group) is 1. The maximum Gasteiger partial charge on any atom is 0.242 e. The van der Waals surface area contributed by atoms with Crippen LogP contribution in [-0.4, -0.2) is 41.6 Å². The molecule has 0 radical (unpaired) electrons. The lowest BCUT2D eigenvalue weighted by Crippen LogP contribution is -2.49. The van der Waals surface area contributed by atoms with E-state index < -0.39 is 6.04 Å². The molecule has 0 aromatic heterocycles. The van der Waals surface area contributed by atoms with E-state index in [0.717, 1.165) is 5.56 Å². The van der Waals surface area contributed by atoms with Crippen molar-refractivity contribution in [3.8, 4) is 0 Å². The fourth-order valence-corrected chi connectivity index (χ4v) is 3.74. The Bertz CT molecular complexity index is 770. The second-order valence-corrected chi connectivity index (χ2v) is 7.46. The molecule has 2 amide bonds. The van der Waals surface area contributed by atoms with Crippen molar-refractivity contribution in [3.63, 3.8) is 0 Å². The third kappa shape index (κ3) is 6.68. The van der Waals surface area contributed by atoms with E-state index in [-0.39, 0.29) is 23.4 Å². The van der Waals surface area contributed by atoms with Crippen LogP contribution in [0.15, 0.2) is 54.6 Å². The van der Waals surface area contributed by atoms with Gasteiger partial charge < -0.3 is 10.2 Å². The maximum absolute atomic E-state index is 13.7. The van der Waals surface area contributed by atoms with Gasteiger partial charge >= 0.3 is 0 Å². The van der Waals surface area contributed by atoms with Gasteiger partial charge in [-0.25, -0.2) is 4.39 Å². The van der Waals surface area contributed by atoms with E-state index in [1.54, 1.807) is 30.0 Å². The number of hydrogen-bond acceptors (Lipinski definition) is 3. The predicted molar refractivity (Wildman–Crippen MR) is 113 cm³/mol. The highest BCUT2D eigenvalue weighted by Gasteiger charge is 2.25. The number of nitrogens with zero attached hydrogens (tertiary/aromatic N) is 1. The molecule has 0 bridgehead atoms. The molecule has 6 heteroatoms. The number of rotatable bonds is 10. The SMILES string of the molecule is CCNC(=O)[C@H](C)N(CCc1ccccc1)C(=O)CSCc1ccccc1F. The molecule has 0 saturated carbocycles. The molecule has 2 aromatic rings. The Balaban J connectivity index is 1.98. The lowest BCUT2D eigenvalue weighted by molar-refractivity contribution is -0.137. The third-order valence-electron chi connectivity index (χ3n) is 4.44. The summed E-state index contributed by atoms with van der Waals surface area (Å²) in [7, 11) is 0. The number of nitrogens with one attached hydrogen (secondary N) is 1. The molecule has 0 aliphatic heterocycles. The Hall–Kier alpha value is -2.34. The zero-order valence-corrected chi connectivity index (χ0v) is 17.2. The zero-order chi connectivity index (χ0) is 20.4. The van der Waals surface area contributed by atoms with Crippen LogP contribution in [0.2, 0.25) is 0 Å². The summed E-state index contributed by atoms with van der Waals surface area (Å²) in [4.78, 5) is 26.7. The molecule has 0 heterocycles. The first kappa shape index (κ1) is 22.0. The molecule has 28 heavy (non-hydrogen) atoms. The van der Waals surface area contributed by atoms with E-state index in [9.17, 15) is 14.0 Å². The number of benzene rings is 2.